The average molecular weight is 306 g/mol. The van der Waals surface area contributed by atoms with Crippen molar-refractivity contribution in [1.29, 1.82) is 0 Å². The standard InChI is InChI=1S/C16H26N4O2/c1-22-16(21)6-3-9-20-10-7-17-12-14-4-2-5-15(19-14)13-18-8-11-20/h2,4-5,17-18H,3,6-13H2,1H3. The average Bonchev–Trinajstić information content (AvgIpc) is 2.54. The Morgan fingerprint density at radius 1 is 1.23 bits per heavy atom. The van der Waals surface area contributed by atoms with E-state index in [-0.39, 0.29) is 5.97 Å². The molecule has 1 aliphatic heterocycles. The van der Waals surface area contributed by atoms with Crippen molar-refractivity contribution in [2.75, 3.05) is 39.8 Å². The molecule has 22 heavy (non-hydrogen) atoms. The summed E-state index contributed by atoms with van der Waals surface area (Å²) in [5.41, 5.74) is 2.16. The van der Waals surface area contributed by atoms with Crippen LogP contribution in [0.5, 0.6) is 0 Å². The molecule has 1 aromatic heterocycles. The number of fused-ring (bicyclic) bond motifs is 2. The molecule has 0 amide bonds. The van der Waals surface area contributed by atoms with Crippen LogP contribution < -0.4 is 10.6 Å². The highest BCUT2D eigenvalue weighted by atomic mass is 16.5. The van der Waals surface area contributed by atoms with Crippen molar-refractivity contribution in [2.24, 2.45) is 0 Å². The number of methoxy groups -OCH3 is 1. The first kappa shape index (κ1) is 16.9. The number of hydrogen-bond acceptors (Lipinski definition) is 6. The van der Waals surface area contributed by atoms with Crippen molar-refractivity contribution in [3.05, 3.63) is 29.6 Å². The van der Waals surface area contributed by atoms with E-state index in [2.05, 4.69) is 43.5 Å². The van der Waals surface area contributed by atoms with Crippen molar-refractivity contribution < 1.29 is 9.53 Å². The number of carbonyl (C=O) groups is 1. The summed E-state index contributed by atoms with van der Waals surface area (Å²) in [7, 11) is 1.44. The van der Waals surface area contributed by atoms with Gasteiger partial charge in [-0.2, -0.15) is 0 Å². The molecular formula is C16H26N4O2. The summed E-state index contributed by atoms with van der Waals surface area (Å²) in [4.78, 5) is 18.2. The first-order valence-corrected chi connectivity index (χ1v) is 7.93. The molecule has 0 saturated carbocycles. The summed E-state index contributed by atoms with van der Waals surface area (Å²) in [6.07, 6.45) is 1.33. The molecule has 2 heterocycles. The molecule has 2 rings (SSSR count). The molecule has 122 valence electrons. The minimum atomic E-state index is -0.129. The van der Waals surface area contributed by atoms with Gasteiger partial charge < -0.3 is 20.3 Å². The Hall–Kier alpha value is -1.50. The molecule has 0 atom stereocenters. The predicted molar refractivity (Wildman–Crippen MR) is 85.3 cm³/mol. The van der Waals surface area contributed by atoms with Gasteiger partial charge >= 0.3 is 5.97 Å². The first-order chi connectivity index (χ1) is 10.8. The van der Waals surface area contributed by atoms with E-state index in [9.17, 15) is 4.79 Å². The second-order valence-corrected chi connectivity index (χ2v) is 5.50. The number of carbonyl (C=O) groups excluding carboxylic acids is 1. The highest BCUT2D eigenvalue weighted by Gasteiger charge is 2.08. The van der Waals surface area contributed by atoms with Crippen LogP contribution in [-0.4, -0.2) is 55.7 Å². The number of aromatic nitrogens is 1. The van der Waals surface area contributed by atoms with Gasteiger partial charge in [0.25, 0.3) is 0 Å². The molecule has 6 nitrogen and oxygen atoms in total. The quantitative estimate of drug-likeness (QED) is 0.791. The van der Waals surface area contributed by atoms with Gasteiger partial charge in [0.15, 0.2) is 0 Å². The normalized spacial score (nSPS) is 17.3. The van der Waals surface area contributed by atoms with Gasteiger partial charge in [-0.3, -0.25) is 9.78 Å². The maximum absolute atomic E-state index is 11.2. The zero-order valence-electron chi connectivity index (χ0n) is 13.3. The summed E-state index contributed by atoms with van der Waals surface area (Å²) in [6.45, 7) is 6.30. The topological polar surface area (TPSA) is 66.5 Å². The van der Waals surface area contributed by atoms with Gasteiger partial charge in [-0.25, -0.2) is 0 Å². The Bertz CT molecular complexity index is 440. The van der Waals surface area contributed by atoms with Crippen molar-refractivity contribution in [3.63, 3.8) is 0 Å². The molecule has 0 unspecified atom stereocenters. The van der Waals surface area contributed by atoms with Gasteiger partial charge in [0.2, 0.25) is 0 Å². The molecule has 2 bridgehead atoms. The molecule has 1 aliphatic rings. The van der Waals surface area contributed by atoms with Crippen LogP contribution in [0.25, 0.3) is 0 Å². The Morgan fingerprint density at radius 2 is 1.86 bits per heavy atom. The smallest absolute Gasteiger partial charge is 0.305 e. The van der Waals surface area contributed by atoms with Crippen LogP contribution in [0.1, 0.15) is 24.2 Å². The number of ether oxygens (including phenoxy) is 1. The molecule has 6 heteroatoms. The van der Waals surface area contributed by atoms with Gasteiger partial charge in [-0.15, -0.1) is 0 Å². The SMILES string of the molecule is COC(=O)CCCN1CCNCc2cccc(n2)CNCC1. The maximum Gasteiger partial charge on any atom is 0.305 e. The summed E-state index contributed by atoms with van der Waals surface area (Å²) in [5, 5.41) is 6.87. The van der Waals surface area contributed by atoms with E-state index in [0.29, 0.717) is 6.42 Å². The van der Waals surface area contributed by atoms with Crippen LogP contribution in [0.3, 0.4) is 0 Å². The molecule has 0 radical (unpaired) electrons. The summed E-state index contributed by atoms with van der Waals surface area (Å²) < 4.78 is 4.69. The van der Waals surface area contributed by atoms with E-state index >= 15 is 0 Å². The third kappa shape index (κ3) is 6.09. The molecule has 0 fully saturated rings. The zero-order chi connectivity index (χ0) is 15.6. The van der Waals surface area contributed by atoms with E-state index in [1.165, 1.54) is 7.11 Å². The second-order valence-electron chi connectivity index (χ2n) is 5.50. The summed E-state index contributed by atoms with van der Waals surface area (Å²) >= 11 is 0. The van der Waals surface area contributed by atoms with Crippen LogP contribution in [0.4, 0.5) is 0 Å². The molecule has 2 N–H and O–H groups in total. The van der Waals surface area contributed by atoms with E-state index in [1.807, 2.05) is 0 Å². The summed E-state index contributed by atoms with van der Waals surface area (Å²) in [5.74, 6) is -0.129. The Morgan fingerprint density at radius 3 is 2.45 bits per heavy atom. The number of hydrogen-bond donors (Lipinski definition) is 2. The van der Waals surface area contributed by atoms with Crippen molar-refractivity contribution in [2.45, 2.75) is 25.9 Å². The van der Waals surface area contributed by atoms with Crippen molar-refractivity contribution >= 4 is 5.97 Å². The number of nitrogens with one attached hydrogen (secondary N) is 2. The fourth-order valence-corrected chi connectivity index (χ4v) is 2.52. The number of rotatable bonds is 4. The lowest BCUT2D eigenvalue weighted by molar-refractivity contribution is -0.140. The van der Waals surface area contributed by atoms with Gasteiger partial charge in [-0.05, 0) is 25.1 Å². The van der Waals surface area contributed by atoms with Gasteiger partial charge in [-0.1, -0.05) is 6.07 Å². The number of nitrogens with zero attached hydrogens (tertiary/aromatic N) is 2. The number of esters is 1. The molecule has 1 aromatic rings. The van der Waals surface area contributed by atoms with Crippen LogP contribution in [0.15, 0.2) is 18.2 Å². The fraction of sp³-hybridized carbons (Fsp3) is 0.625. The fourth-order valence-electron chi connectivity index (χ4n) is 2.52. The molecule has 0 saturated heterocycles. The van der Waals surface area contributed by atoms with E-state index in [4.69, 9.17) is 0 Å². The third-order valence-electron chi connectivity index (χ3n) is 3.77. The Balaban J connectivity index is 1.80. The van der Waals surface area contributed by atoms with E-state index in [0.717, 1.165) is 63.6 Å². The van der Waals surface area contributed by atoms with E-state index in [1.54, 1.807) is 0 Å². The lowest BCUT2D eigenvalue weighted by Crippen LogP contribution is -2.38. The second kappa shape index (κ2) is 9.50. The predicted octanol–water partition coefficient (Wildman–Crippen LogP) is 0.530. The van der Waals surface area contributed by atoms with Gasteiger partial charge in [0, 0.05) is 45.7 Å². The summed E-state index contributed by atoms with van der Waals surface area (Å²) in [6, 6.07) is 6.17. The molecule has 0 aromatic carbocycles. The molecule has 0 aliphatic carbocycles. The van der Waals surface area contributed by atoms with Crippen LogP contribution in [-0.2, 0) is 22.6 Å². The zero-order valence-corrected chi connectivity index (χ0v) is 13.3. The monoisotopic (exact) mass is 306 g/mol. The highest BCUT2D eigenvalue weighted by Crippen LogP contribution is 2.01. The minimum Gasteiger partial charge on any atom is -0.469 e. The van der Waals surface area contributed by atoms with E-state index < -0.39 is 0 Å². The Kier molecular flexibility index (Phi) is 7.28. The number of pyridine rings is 1. The highest BCUT2D eigenvalue weighted by molar-refractivity contribution is 5.69. The van der Waals surface area contributed by atoms with Crippen LogP contribution in [0.2, 0.25) is 0 Å². The lowest BCUT2D eigenvalue weighted by Gasteiger charge is -2.23. The maximum atomic E-state index is 11.2. The molecule has 0 spiro atoms. The first-order valence-electron chi connectivity index (χ1n) is 7.93. The minimum absolute atomic E-state index is 0.129. The largest absolute Gasteiger partial charge is 0.469 e. The third-order valence-corrected chi connectivity index (χ3v) is 3.77. The van der Waals surface area contributed by atoms with Crippen molar-refractivity contribution in [1.82, 2.24) is 20.5 Å². The van der Waals surface area contributed by atoms with Crippen LogP contribution >= 0.6 is 0 Å². The van der Waals surface area contributed by atoms with Gasteiger partial charge in [0.05, 0.1) is 18.5 Å². The Labute approximate surface area is 132 Å². The van der Waals surface area contributed by atoms with Gasteiger partial charge in [0.1, 0.15) is 0 Å². The van der Waals surface area contributed by atoms with Crippen LogP contribution in [0, 0.1) is 0 Å². The molecular weight excluding hydrogens is 280 g/mol. The van der Waals surface area contributed by atoms with Crippen molar-refractivity contribution in [3.8, 4) is 0 Å². The lowest BCUT2D eigenvalue weighted by atomic mass is 10.2.